The SMILES string of the molecule is CC/C(O)=C/c1nc2ccccc2n1-c1ccccc1. The van der Waals surface area contributed by atoms with Gasteiger partial charge in [0.25, 0.3) is 0 Å². The van der Waals surface area contributed by atoms with Gasteiger partial charge in [0.1, 0.15) is 5.82 Å². The zero-order chi connectivity index (χ0) is 13.9. The molecule has 20 heavy (non-hydrogen) atoms. The molecule has 2 aromatic carbocycles. The molecule has 0 aliphatic carbocycles. The number of aliphatic hydroxyl groups is 1. The largest absolute Gasteiger partial charge is 0.512 e. The highest BCUT2D eigenvalue weighted by Gasteiger charge is 2.10. The lowest BCUT2D eigenvalue weighted by atomic mass is 10.2. The third-order valence-electron chi connectivity index (χ3n) is 3.26. The zero-order valence-corrected chi connectivity index (χ0v) is 11.3. The monoisotopic (exact) mass is 264 g/mol. The molecule has 1 N–H and O–H groups in total. The molecule has 0 radical (unpaired) electrons. The Bertz CT molecular complexity index is 757. The third kappa shape index (κ3) is 2.18. The molecule has 0 fully saturated rings. The maximum atomic E-state index is 9.82. The first-order valence-corrected chi connectivity index (χ1v) is 6.72. The van der Waals surface area contributed by atoms with Crippen LogP contribution in [-0.4, -0.2) is 14.7 Å². The molecule has 1 heterocycles. The molecule has 1 aromatic heterocycles. The Hall–Kier alpha value is -2.55. The van der Waals surface area contributed by atoms with Gasteiger partial charge in [0.2, 0.25) is 0 Å². The van der Waals surface area contributed by atoms with E-state index in [0.29, 0.717) is 12.2 Å². The minimum Gasteiger partial charge on any atom is -0.512 e. The fraction of sp³-hybridized carbons (Fsp3) is 0.118. The number of aliphatic hydroxyl groups excluding tert-OH is 1. The second-order valence-corrected chi connectivity index (χ2v) is 4.62. The maximum absolute atomic E-state index is 9.82. The highest BCUT2D eigenvalue weighted by Crippen LogP contribution is 2.22. The smallest absolute Gasteiger partial charge is 0.141 e. The van der Waals surface area contributed by atoms with Gasteiger partial charge in [0, 0.05) is 18.2 Å². The number of para-hydroxylation sites is 3. The molecule has 0 atom stereocenters. The predicted molar refractivity (Wildman–Crippen MR) is 82.0 cm³/mol. The van der Waals surface area contributed by atoms with E-state index in [2.05, 4.69) is 9.55 Å². The fourth-order valence-electron chi connectivity index (χ4n) is 2.24. The van der Waals surface area contributed by atoms with Crippen molar-refractivity contribution in [3.63, 3.8) is 0 Å². The summed E-state index contributed by atoms with van der Waals surface area (Å²) in [6, 6.07) is 18.0. The van der Waals surface area contributed by atoms with E-state index >= 15 is 0 Å². The number of rotatable bonds is 3. The second kappa shape index (κ2) is 5.21. The average Bonchev–Trinajstić information content (AvgIpc) is 2.85. The third-order valence-corrected chi connectivity index (χ3v) is 3.26. The summed E-state index contributed by atoms with van der Waals surface area (Å²) >= 11 is 0. The van der Waals surface area contributed by atoms with Crippen LogP contribution in [0.3, 0.4) is 0 Å². The van der Waals surface area contributed by atoms with E-state index in [1.54, 1.807) is 6.08 Å². The predicted octanol–water partition coefficient (Wildman–Crippen LogP) is 4.33. The van der Waals surface area contributed by atoms with E-state index in [1.165, 1.54) is 0 Å². The molecular formula is C17H16N2O. The molecule has 3 rings (SSSR count). The summed E-state index contributed by atoms with van der Waals surface area (Å²) in [5, 5.41) is 9.82. The van der Waals surface area contributed by atoms with Crippen LogP contribution in [0.5, 0.6) is 0 Å². The number of hydrogen-bond donors (Lipinski definition) is 1. The van der Waals surface area contributed by atoms with Crippen LogP contribution in [0.1, 0.15) is 19.2 Å². The van der Waals surface area contributed by atoms with E-state index in [4.69, 9.17) is 0 Å². The van der Waals surface area contributed by atoms with Crippen LogP contribution in [0.15, 0.2) is 60.4 Å². The topological polar surface area (TPSA) is 38.1 Å². The molecule has 3 heteroatoms. The van der Waals surface area contributed by atoms with Crippen LogP contribution < -0.4 is 0 Å². The second-order valence-electron chi connectivity index (χ2n) is 4.62. The van der Waals surface area contributed by atoms with Gasteiger partial charge in [-0.15, -0.1) is 0 Å². The van der Waals surface area contributed by atoms with Gasteiger partial charge in [-0.25, -0.2) is 4.98 Å². The van der Waals surface area contributed by atoms with E-state index in [9.17, 15) is 5.11 Å². The average molecular weight is 264 g/mol. The van der Waals surface area contributed by atoms with Gasteiger partial charge in [0.05, 0.1) is 16.8 Å². The summed E-state index contributed by atoms with van der Waals surface area (Å²) in [5.41, 5.74) is 3.00. The van der Waals surface area contributed by atoms with Crippen LogP contribution in [0.25, 0.3) is 22.8 Å². The van der Waals surface area contributed by atoms with Crippen molar-refractivity contribution < 1.29 is 5.11 Å². The first kappa shape index (κ1) is 12.5. The van der Waals surface area contributed by atoms with E-state index in [-0.39, 0.29) is 0 Å². The van der Waals surface area contributed by atoms with E-state index in [1.807, 2.05) is 61.5 Å². The normalized spacial score (nSPS) is 11.9. The van der Waals surface area contributed by atoms with Crippen molar-refractivity contribution in [1.82, 2.24) is 9.55 Å². The number of imidazole rings is 1. The Balaban J connectivity index is 2.29. The van der Waals surface area contributed by atoms with Crippen molar-refractivity contribution in [3.8, 4) is 5.69 Å². The van der Waals surface area contributed by atoms with Crippen LogP contribution in [0.4, 0.5) is 0 Å². The van der Waals surface area contributed by atoms with Gasteiger partial charge in [-0.2, -0.15) is 0 Å². The molecule has 0 saturated heterocycles. The molecule has 0 aliphatic heterocycles. The number of hydrogen-bond acceptors (Lipinski definition) is 2. The van der Waals surface area contributed by atoms with Crippen LogP contribution >= 0.6 is 0 Å². The van der Waals surface area contributed by atoms with E-state index < -0.39 is 0 Å². The number of aromatic nitrogens is 2. The van der Waals surface area contributed by atoms with Crippen molar-refractivity contribution in [2.75, 3.05) is 0 Å². The summed E-state index contributed by atoms with van der Waals surface area (Å²) in [6.07, 6.45) is 2.32. The standard InChI is InChI=1S/C17H16N2O/c1-2-14(20)12-17-18-15-10-6-7-11-16(15)19(17)13-8-4-3-5-9-13/h3-12,20H,2H2,1H3/b14-12-. The summed E-state index contributed by atoms with van der Waals surface area (Å²) in [5.74, 6) is 1.08. The number of nitrogens with zero attached hydrogens (tertiary/aromatic N) is 2. The quantitative estimate of drug-likeness (QED) is 0.715. The fourth-order valence-corrected chi connectivity index (χ4v) is 2.24. The zero-order valence-electron chi connectivity index (χ0n) is 11.3. The maximum Gasteiger partial charge on any atom is 0.141 e. The molecular weight excluding hydrogens is 248 g/mol. The van der Waals surface area contributed by atoms with Crippen molar-refractivity contribution in [2.24, 2.45) is 0 Å². The minimum atomic E-state index is 0.331. The number of benzene rings is 2. The van der Waals surface area contributed by atoms with Crippen molar-refractivity contribution >= 4 is 17.1 Å². The molecule has 3 aromatic rings. The molecule has 0 unspecified atom stereocenters. The van der Waals surface area contributed by atoms with Crippen molar-refractivity contribution in [1.29, 1.82) is 0 Å². The Morgan fingerprint density at radius 3 is 2.55 bits per heavy atom. The summed E-state index contributed by atoms with van der Waals surface area (Å²) in [4.78, 5) is 4.60. The van der Waals surface area contributed by atoms with Crippen LogP contribution in [-0.2, 0) is 0 Å². The van der Waals surface area contributed by atoms with Gasteiger partial charge in [-0.3, -0.25) is 4.57 Å². The lowest BCUT2D eigenvalue weighted by Gasteiger charge is -2.07. The van der Waals surface area contributed by atoms with Crippen molar-refractivity contribution in [3.05, 3.63) is 66.2 Å². The molecule has 0 saturated carbocycles. The first-order valence-electron chi connectivity index (χ1n) is 6.72. The lowest BCUT2D eigenvalue weighted by Crippen LogP contribution is -1.97. The van der Waals surface area contributed by atoms with E-state index in [0.717, 1.165) is 22.5 Å². The van der Waals surface area contributed by atoms with Gasteiger partial charge in [-0.1, -0.05) is 37.3 Å². The summed E-state index contributed by atoms with van der Waals surface area (Å²) in [6.45, 7) is 1.92. The summed E-state index contributed by atoms with van der Waals surface area (Å²) in [7, 11) is 0. The van der Waals surface area contributed by atoms with Gasteiger partial charge in [-0.05, 0) is 24.3 Å². The molecule has 0 amide bonds. The molecule has 0 spiro atoms. The van der Waals surface area contributed by atoms with Crippen molar-refractivity contribution in [2.45, 2.75) is 13.3 Å². The van der Waals surface area contributed by atoms with Crippen LogP contribution in [0.2, 0.25) is 0 Å². The highest BCUT2D eigenvalue weighted by molar-refractivity contribution is 5.80. The molecule has 100 valence electrons. The number of fused-ring (bicyclic) bond motifs is 1. The highest BCUT2D eigenvalue weighted by atomic mass is 16.3. The minimum absolute atomic E-state index is 0.331. The van der Waals surface area contributed by atoms with Crippen LogP contribution in [0, 0.1) is 0 Å². The Morgan fingerprint density at radius 1 is 1.10 bits per heavy atom. The Morgan fingerprint density at radius 2 is 1.80 bits per heavy atom. The summed E-state index contributed by atoms with van der Waals surface area (Å²) < 4.78 is 2.06. The van der Waals surface area contributed by atoms with Gasteiger partial charge < -0.3 is 5.11 Å². The molecule has 0 bridgehead atoms. The Kier molecular flexibility index (Phi) is 3.25. The lowest BCUT2D eigenvalue weighted by molar-refractivity contribution is 0.400. The van der Waals surface area contributed by atoms with Gasteiger partial charge in [0.15, 0.2) is 0 Å². The molecule has 0 aliphatic rings. The number of allylic oxidation sites excluding steroid dienone is 1. The Labute approximate surface area is 117 Å². The van der Waals surface area contributed by atoms with Gasteiger partial charge >= 0.3 is 0 Å². The first-order chi connectivity index (χ1) is 9.79. The molecule has 3 nitrogen and oxygen atoms in total.